The fourth-order valence-electron chi connectivity index (χ4n) is 2.22. The van der Waals surface area contributed by atoms with Gasteiger partial charge in [0.25, 0.3) is 0 Å². The first-order valence-corrected chi connectivity index (χ1v) is 6.68. The first-order chi connectivity index (χ1) is 9.44. The van der Waals surface area contributed by atoms with Crippen molar-refractivity contribution in [3.8, 4) is 0 Å². The summed E-state index contributed by atoms with van der Waals surface area (Å²) in [6.45, 7) is 4.91. The smallest absolute Gasteiger partial charge is 0.356 e. The molecule has 1 aliphatic rings. The minimum Gasteiger partial charge on any atom is -0.476 e. The average Bonchev–Trinajstić information content (AvgIpc) is 3.18. The average molecular weight is 277 g/mol. The molecular formula is C14H19N3O3. The number of hydrogen-bond acceptors (Lipinski definition) is 3. The summed E-state index contributed by atoms with van der Waals surface area (Å²) in [7, 11) is 0. The summed E-state index contributed by atoms with van der Waals surface area (Å²) in [5, 5.41) is 14.3. The van der Waals surface area contributed by atoms with E-state index in [1.165, 1.54) is 12.3 Å². The Labute approximate surface area is 117 Å². The maximum Gasteiger partial charge on any atom is 0.356 e. The van der Waals surface area contributed by atoms with Crippen LogP contribution in [0.3, 0.4) is 0 Å². The number of rotatable bonds is 5. The number of carbonyl (C=O) groups is 2. The van der Waals surface area contributed by atoms with Crippen molar-refractivity contribution in [2.45, 2.75) is 26.7 Å². The molecule has 0 bridgehead atoms. The van der Waals surface area contributed by atoms with E-state index in [9.17, 15) is 9.59 Å². The van der Waals surface area contributed by atoms with E-state index < -0.39 is 12.0 Å². The van der Waals surface area contributed by atoms with Crippen LogP contribution >= 0.6 is 0 Å². The molecule has 2 amide bonds. The van der Waals surface area contributed by atoms with Crippen molar-refractivity contribution in [1.82, 2.24) is 10.3 Å². The van der Waals surface area contributed by atoms with E-state index >= 15 is 0 Å². The van der Waals surface area contributed by atoms with E-state index in [1.54, 1.807) is 6.07 Å². The van der Waals surface area contributed by atoms with E-state index in [0.29, 0.717) is 12.5 Å². The Hall–Kier alpha value is -2.11. The van der Waals surface area contributed by atoms with Gasteiger partial charge >= 0.3 is 12.0 Å². The number of pyridine rings is 1. The number of carboxylic acids is 1. The van der Waals surface area contributed by atoms with Gasteiger partial charge in [0.1, 0.15) is 0 Å². The van der Waals surface area contributed by atoms with Gasteiger partial charge in [-0.15, -0.1) is 0 Å². The third kappa shape index (κ3) is 3.07. The Morgan fingerprint density at radius 3 is 2.70 bits per heavy atom. The highest BCUT2D eigenvalue weighted by atomic mass is 16.4. The number of urea groups is 1. The fourth-order valence-corrected chi connectivity index (χ4v) is 2.22. The molecule has 1 aromatic rings. The van der Waals surface area contributed by atoms with Crippen molar-refractivity contribution in [3.63, 3.8) is 0 Å². The zero-order valence-electron chi connectivity index (χ0n) is 11.6. The van der Waals surface area contributed by atoms with Crippen LogP contribution in [0.4, 0.5) is 10.5 Å². The molecule has 108 valence electrons. The Kier molecular flexibility index (Phi) is 3.92. The first kappa shape index (κ1) is 14.3. The molecule has 0 unspecified atom stereocenters. The third-order valence-electron chi connectivity index (χ3n) is 3.98. The Morgan fingerprint density at radius 1 is 1.45 bits per heavy atom. The van der Waals surface area contributed by atoms with Gasteiger partial charge in [0.05, 0.1) is 5.69 Å². The summed E-state index contributed by atoms with van der Waals surface area (Å²) in [6.07, 6.45) is 3.63. The van der Waals surface area contributed by atoms with Gasteiger partial charge in [0, 0.05) is 12.7 Å². The monoisotopic (exact) mass is 277 g/mol. The quantitative estimate of drug-likeness (QED) is 0.770. The van der Waals surface area contributed by atoms with Crippen LogP contribution in [0, 0.1) is 11.3 Å². The van der Waals surface area contributed by atoms with Crippen LogP contribution in [0.2, 0.25) is 0 Å². The summed E-state index contributed by atoms with van der Waals surface area (Å²) in [5.41, 5.74) is 0.251. The molecule has 1 heterocycles. The number of amides is 2. The van der Waals surface area contributed by atoms with Crippen LogP contribution < -0.4 is 10.6 Å². The topological polar surface area (TPSA) is 91.3 Å². The number of aromatic carboxylic acids is 1. The molecule has 0 atom stereocenters. The van der Waals surface area contributed by atoms with Crippen LogP contribution in [-0.2, 0) is 0 Å². The number of anilines is 1. The van der Waals surface area contributed by atoms with Crippen LogP contribution in [0.5, 0.6) is 0 Å². The van der Waals surface area contributed by atoms with Crippen molar-refractivity contribution >= 4 is 17.7 Å². The van der Waals surface area contributed by atoms with Crippen molar-refractivity contribution in [2.75, 3.05) is 11.9 Å². The van der Waals surface area contributed by atoms with Crippen molar-refractivity contribution in [3.05, 3.63) is 24.0 Å². The largest absolute Gasteiger partial charge is 0.476 e. The van der Waals surface area contributed by atoms with Crippen LogP contribution in [0.1, 0.15) is 37.2 Å². The van der Waals surface area contributed by atoms with Gasteiger partial charge in [-0.1, -0.05) is 13.8 Å². The molecule has 0 saturated heterocycles. The van der Waals surface area contributed by atoms with Gasteiger partial charge in [-0.2, -0.15) is 0 Å². The Balaban J connectivity index is 1.94. The zero-order valence-corrected chi connectivity index (χ0v) is 11.6. The lowest BCUT2D eigenvalue weighted by molar-refractivity contribution is 0.0691. The highest BCUT2D eigenvalue weighted by molar-refractivity contribution is 5.98. The minimum absolute atomic E-state index is 0.160. The summed E-state index contributed by atoms with van der Waals surface area (Å²) >= 11 is 0. The van der Waals surface area contributed by atoms with Crippen molar-refractivity contribution < 1.29 is 14.7 Å². The van der Waals surface area contributed by atoms with Gasteiger partial charge in [-0.25, -0.2) is 14.6 Å². The maximum atomic E-state index is 11.8. The molecule has 0 aromatic carbocycles. The van der Waals surface area contributed by atoms with E-state index in [1.807, 2.05) is 0 Å². The standard InChI is InChI=1S/C14H19N3O3/c1-9(2)14(5-6-14)8-16-13(20)17-10-4-3-7-15-11(10)12(18)19/h3-4,7,9H,5-6,8H2,1-2H3,(H,18,19)(H2,16,17,20). The van der Waals surface area contributed by atoms with Crippen molar-refractivity contribution in [2.24, 2.45) is 11.3 Å². The molecule has 1 aromatic heterocycles. The summed E-state index contributed by atoms with van der Waals surface area (Å²) in [6, 6.07) is 2.71. The minimum atomic E-state index is -1.17. The summed E-state index contributed by atoms with van der Waals surface area (Å²) in [5.74, 6) is -0.641. The maximum absolute atomic E-state index is 11.8. The van der Waals surface area contributed by atoms with Crippen molar-refractivity contribution in [1.29, 1.82) is 0 Å². The summed E-state index contributed by atoms with van der Waals surface area (Å²) in [4.78, 5) is 26.6. The molecule has 0 spiro atoms. The van der Waals surface area contributed by atoms with Crippen LogP contribution in [0.15, 0.2) is 18.3 Å². The van der Waals surface area contributed by atoms with Gasteiger partial charge in [-0.05, 0) is 36.3 Å². The molecule has 1 aliphatic carbocycles. The number of carboxylic acid groups (broad SMARTS) is 1. The highest BCUT2D eigenvalue weighted by Crippen LogP contribution is 2.51. The lowest BCUT2D eigenvalue weighted by atomic mass is 9.92. The number of nitrogens with zero attached hydrogens (tertiary/aromatic N) is 1. The molecule has 0 aliphatic heterocycles. The van der Waals surface area contributed by atoms with E-state index in [2.05, 4.69) is 29.5 Å². The molecule has 6 heteroatoms. The molecule has 2 rings (SSSR count). The second-order valence-electron chi connectivity index (χ2n) is 5.53. The second kappa shape index (κ2) is 5.48. The van der Waals surface area contributed by atoms with Gasteiger partial charge < -0.3 is 15.7 Å². The first-order valence-electron chi connectivity index (χ1n) is 6.68. The van der Waals surface area contributed by atoms with Gasteiger partial charge in [0.2, 0.25) is 0 Å². The Bertz CT molecular complexity index is 524. The molecule has 3 N–H and O–H groups in total. The SMILES string of the molecule is CC(C)C1(CNC(=O)Nc2cccnc2C(=O)O)CC1. The van der Waals surface area contributed by atoms with E-state index in [4.69, 9.17) is 5.11 Å². The number of nitrogens with one attached hydrogen (secondary N) is 2. The van der Waals surface area contributed by atoms with Crippen LogP contribution in [0.25, 0.3) is 0 Å². The van der Waals surface area contributed by atoms with E-state index in [-0.39, 0.29) is 16.8 Å². The fraction of sp³-hybridized carbons (Fsp3) is 0.500. The number of hydrogen-bond donors (Lipinski definition) is 3. The number of carbonyl (C=O) groups excluding carboxylic acids is 1. The molecule has 20 heavy (non-hydrogen) atoms. The molecule has 0 radical (unpaired) electrons. The van der Waals surface area contributed by atoms with E-state index in [0.717, 1.165) is 12.8 Å². The number of aromatic nitrogens is 1. The molecule has 1 fully saturated rings. The molecular weight excluding hydrogens is 258 g/mol. The summed E-state index contributed by atoms with van der Waals surface area (Å²) < 4.78 is 0. The lowest BCUT2D eigenvalue weighted by Crippen LogP contribution is -2.36. The Morgan fingerprint density at radius 2 is 2.15 bits per heavy atom. The normalized spacial score (nSPS) is 15.8. The lowest BCUT2D eigenvalue weighted by Gasteiger charge is -2.20. The highest BCUT2D eigenvalue weighted by Gasteiger charge is 2.45. The zero-order chi connectivity index (χ0) is 14.8. The molecule has 1 saturated carbocycles. The predicted molar refractivity (Wildman–Crippen MR) is 74.7 cm³/mol. The second-order valence-corrected chi connectivity index (χ2v) is 5.53. The van der Waals surface area contributed by atoms with Crippen LogP contribution in [-0.4, -0.2) is 28.6 Å². The predicted octanol–water partition coefficient (Wildman–Crippen LogP) is 2.34. The van der Waals surface area contributed by atoms with Gasteiger partial charge in [0.15, 0.2) is 5.69 Å². The third-order valence-corrected chi connectivity index (χ3v) is 3.98. The van der Waals surface area contributed by atoms with Gasteiger partial charge in [-0.3, -0.25) is 0 Å². The molecule has 6 nitrogen and oxygen atoms in total.